The van der Waals surface area contributed by atoms with E-state index in [1.807, 2.05) is 13.8 Å². The van der Waals surface area contributed by atoms with E-state index in [2.05, 4.69) is 5.32 Å². The number of amides is 1. The first-order chi connectivity index (χ1) is 8.52. The summed E-state index contributed by atoms with van der Waals surface area (Å²) in [6.45, 7) is 4.05. The fourth-order valence-electron chi connectivity index (χ4n) is 2.56. The summed E-state index contributed by atoms with van der Waals surface area (Å²) < 4.78 is 4.73. The second kappa shape index (κ2) is 7.39. The Labute approximate surface area is 109 Å². The van der Waals surface area contributed by atoms with Crippen molar-refractivity contribution in [2.24, 2.45) is 11.8 Å². The second-order valence-electron chi connectivity index (χ2n) is 5.63. The molecule has 1 aliphatic rings. The summed E-state index contributed by atoms with van der Waals surface area (Å²) in [5.74, 6) is 0.490. The first kappa shape index (κ1) is 15.0. The van der Waals surface area contributed by atoms with Gasteiger partial charge in [0.25, 0.3) is 0 Å². The SMILES string of the molecule is COC(=O)[C@H](CC(C)C)NC(=O)CC1CCCC1. The zero-order valence-corrected chi connectivity index (χ0v) is 11.7. The van der Waals surface area contributed by atoms with E-state index in [1.165, 1.54) is 20.0 Å². The predicted octanol–water partition coefficient (Wildman–Crippen LogP) is 2.27. The van der Waals surface area contributed by atoms with Crippen molar-refractivity contribution < 1.29 is 14.3 Å². The van der Waals surface area contributed by atoms with Crippen LogP contribution in [0.3, 0.4) is 0 Å². The molecule has 18 heavy (non-hydrogen) atoms. The third-order valence-electron chi connectivity index (χ3n) is 3.48. The summed E-state index contributed by atoms with van der Waals surface area (Å²) in [6, 6.07) is -0.496. The minimum atomic E-state index is -0.496. The Morgan fingerprint density at radius 2 is 1.89 bits per heavy atom. The molecule has 1 rings (SSSR count). The molecule has 0 heterocycles. The van der Waals surface area contributed by atoms with Gasteiger partial charge in [-0.2, -0.15) is 0 Å². The summed E-state index contributed by atoms with van der Waals surface area (Å²) in [6.07, 6.45) is 5.91. The van der Waals surface area contributed by atoms with Gasteiger partial charge in [-0.3, -0.25) is 4.79 Å². The van der Waals surface area contributed by atoms with E-state index in [9.17, 15) is 9.59 Å². The van der Waals surface area contributed by atoms with E-state index in [1.54, 1.807) is 0 Å². The maximum absolute atomic E-state index is 11.9. The highest BCUT2D eigenvalue weighted by Crippen LogP contribution is 2.27. The van der Waals surface area contributed by atoms with E-state index < -0.39 is 6.04 Å². The Morgan fingerprint density at radius 1 is 1.28 bits per heavy atom. The van der Waals surface area contributed by atoms with Crippen LogP contribution < -0.4 is 5.32 Å². The van der Waals surface area contributed by atoms with E-state index in [-0.39, 0.29) is 11.9 Å². The number of rotatable bonds is 6. The second-order valence-corrected chi connectivity index (χ2v) is 5.63. The number of nitrogens with one attached hydrogen (secondary N) is 1. The standard InChI is InChI=1S/C14H25NO3/c1-10(2)8-12(14(17)18-3)15-13(16)9-11-6-4-5-7-11/h10-12H,4-9H2,1-3H3,(H,15,16)/t12-/m0/s1. The van der Waals surface area contributed by atoms with Crippen LogP contribution in [0.1, 0.15) is 52.4 Å². The van der Waals surface area contributed by atoms with Gasteiger partial charge in [-0.25, -0.2) is 4.79 Å². The third kappa shape index (κ3) is 5.07. The maximum Gasteiger partial charge on any atom is 0.328 e. The van der Waals surface area contributed by atoms with Crippen LogP contribution in [0.5, 0.6) is 0 Å². The average molecular weight is 255 g/mol. The van der Waals surface area contributed by atoms with Crippen LogP contribution in [0.25, 0.3) is 0 Å². The molecular formula is C14H25NO3. The Kier molecular flexibility index (Phi) is 6.16. The van der Waals surface area contributed by atoms with Crippen LogP contribution in [0.15, 0.2) is 0 Å². The molecule has 1 aliphatic carbocycles. The van der Waals surface area contributed by atoms with Gasteiger partial charge in [0.05, 0.1) is 7.11 Å². The van der Waals surface area contributed by atoms with E-state index in [0.29, 0.717) is 24.7 Å². The Balaban J connectivity index is 2.42. The van der Waals surface area contributed by atoms with Gasteiger partial charge in [-0.15, -0.1) is 0 Å². The largest absolute Gasteiger partial charge is 0.467 e. The van der Waals surface area contributed by atoms with Crippen molar-refractivity contribution in [3.05, 3.63) is 0 Å². The van der Waals surface area contributed by atoms with Gasteiger partial charge in [0.2, 0.25) is 5.91 Å². The van der Waals surface area contributed by atoms with Gasteiger partial charge >= 0.3 is 5.97 Å². The molecule has 0 aromatic rings. The predicted molar refractivity (Wildman–Crippen MR) is 70.0 cm³/mol. The fourth-order valence-corrected chi connectivity index (χ4v) is 2.56. The Hall–Kier alpha value is -1.06. The molecule has 0 saturated heterocycles. The van der Waals surface area contributed by atoms with Crippen molar-refractivity contribution in [2.75, 3.05) is 7.11 Å². The minimum Gasteiger partial charge on any atom is -0.467 e. The van der Waals surface area contributed by atoms with Crippen LogP contribution in [0, 0.1) is 11.8 Å². The number of hydrogen-bond acceptors (Lipinski definition) is 3. The minimum absolute atomic E-state index is 0.0158. The number of hydrogen-bond donors (Lipinski definition) is 1. The molecule has 0 aromatic carbocycles. The number of ether oxygens (including phenoxy) is 1. The van der Waals surface area contributed by atoms with Crippen molar-refractivity contribution in [2.45, 2.75) is 58.4 Å². The topological polar surface area (TPSA) is 55.4 Å². The van der Waals surface area contributed by atoms with Crippen LogP contribution in [0.2, 0.25) is 0 Å². The molecule has 104 valence electrons. The summed E-state index contributed by atoms with van der Waals surface area (Å²) in [5, 5.41) is 2.81. The quantitative estimate of drug-likeness (QED) is 0.741. The lowest BCUT2D eigenvalue weighted by atomic mass is 10.0. The molecule has 1 N–H and O–H groups in total. The summed E-state index contributed by atoms with van der Waals surface area (Å²) in [4.78, 5) is 23.5. The molecule has 4 nitrogen and oxygen atoms in total. The first-order valence-corrected chi connectivity index (χ1v) is 6.90. The van der Waals surface area contributed by atoms with Crippen molar-refractivity contribution in [3.63, 3.8) is 0 Å². The van der Waals surface area contributed by atoms with Crippen molar-refractivity contribution in [1.29, 1.82) is 0 Å². The first-order valence-electron chi connectivity index (χ1n) is 6.90. The van der Waals surface area contributed by atoms with Crippen LogP contribution in [0.4, 0.5) is 0 Å². The van der Waals surface area contributed by atoms with Gasteiger partial charge in [0.15, 0.2) is 0 Å². The van der Waals surface area contributed by atoms with E-state index in [4.69, 9.17) is 4.74 Å². The van der Waals surface area contributed by atoms with E-state index in [0.717, 1.165) is 12.8 Å². The van der Waals surface area contributed by atoms with Gasteiger partial charge in [0.1, 0.15) is 6.04 Å². The highest BCUT2D eigenvalue weighted by atomic mass is 16.5. The molecule has 4 heteroatoms. The highest BCUT2D eigenvalue weighted by Gasteiger charge is 2.24. The van der Waals surface area contributed by atoms with Gasteiger partial charge in [-0.05, 0) is 31.1 Å². The monoisotopic (exact) mass is 255 g/mol. The summed E-state index contributed by atoms with van der Waals surface area (Å²) in [7, 11) is 1.36. The van der Waals surface area contributed by atoms with Gasteiger partial charge in [-0.1, -0.05) is 26.7 Å². The lowest BCUT2D eigenvalue weighted by Crippen LogP contribution is -2.42. The van der Waals surface area contributed by atoms with Crippen LogP contribution >= 0.6 is 0 Å². The third-order valence-corrected chi connectivity index (χ3v) is 3.48. The molecule has 0 aromatic heterocycles. The smallest absolute Gasteiger partial charge is 0.328 e. The summed E-state index contributed by atoms with van der Waals surface area (Å²) >= 11 is 0. The zero-order chi connectivity index (χ0) is 13.5. The van der Waals surface area contributed by atoms with Crippen molar-refractivity contribution in [3.8, 4) is 0 Å². The normalized spacial score (nSPS) is 17.8. The van der Waals surface area contributed by atoms with Gasteiger partial charge < -0.3 is 10.1 Å². The van der Waals surface area contributed by atoms with E-state index >= 15 is 0 Å². The number of esters is 1. The molecule has 1 atom stereocenters. The van der Waals surface area contributed by atoms with Crippen LogP contribution in [-0.2, 0) is 14.3 Å². The van der Waals surface area contributed by atoms with Crippen molar-refractivity contribution in [1.82, 2.24) is 5.32 Å². The lowest BCUT2D eigenvalue weighted by molar-refractivity contribution is -0.145. The molecule has 1 amide bonds. The number of methoxy groups -OCH3 is 1. The molecule has 1 fully saturated rings. The molecule has 0 aliphatic heterocycles. The molecule has 0 spiro atoms. The zero-order valence-electron chi connectivity index (χ0n) is 11.7. The lowest BCUT2D eigenvalue weighted by Gasteiger charge is -2.19. The van der Waals surface area contributed by atoms with Crippen LogP contribution in [-0.4, -0.2) is 25.0 Å². The number of carbonyl (C=O) groups excluding carboxylic acids is 2. The number of carbonyl (C=O) groups is 2. The molecule has 1 saturated carbocycles. The molecule has 0 bridgehead atoms. The molecule has 0 unspecified atom stereocenters. The summed E-state index contributed by atoms with van der Waals surface area (Å²) in [5.41, 5.74) is 0. The highest BCUT2D eigenvalue weighted by molar-refractivity contribution is 5.84. The maximum atomic E-state index is 11.9. The Bertz CT molecular complexity index is 283. The van der Waals surface area contributed by atoms with Gasteiger partial charge in [0, 0.05) is 6.42 Å². The molecule has 0 radical (unpaired) electrons. The fraction of sp³-hybridized carbons (Fsp3) is 0.857. The average Bonchev–Trinajstić information content (AvgIpc) is 2.79. The Morgan fingerprint density at radius 3 is 2.39 bits per heavy atom. The van der Waals surface area contributed by atoms with Crippen molar-refractivity contribution >= 4 is 11.9 Å². The molecular weight excluding hydrogens is 230 g/mol.